The number of amides is 1. The van der Waals surface area contributed by atoms with Gasteiger partial charge in [0.25, 0.3) is 0 Å². The topological polar surface area (TPSA) is 58.1 Å². The predicted molar refractivity (Wildman–Crippen MR) is 102 cm³/mol. The molecule has 1 aliphatic heterocycles. The molecule has 2 aromatic rings. The highest BCUT2D eigenvalue weighted by atomic mass is 19.1. The van der Waals surface area contributed by atoms with Crippen LogP contribution in [0.5, 0.6) is 0 Å². The van der Waals surface area contributed by atoms with E-state index in [1.165, 1.54) is 31.4 Å². The Kier molecular flexibility index (Phi) is 5.50. The summed E-state index contributed by atoms with van der Waals surface area (Å²) in [7, 11) is 0. The van der Waals surface area contributed by atoms with Gasteiger partial charge in [0, 0.05) is 43.5 Å². The number of halogens is 2. The molecule has 4 rings (SSSR count). The molecule has 1 saturated heterocycles. The average Bonchev–Trinajstić information content (AvgIpc) is 2.71. The minimum atomic E-state index is -0.641. The lowest BCUT2D eigenvalue weighted by Crippen LogP contribution is -2.35. The first-order valence-corrected chi connectivity index (χ1v) is 9.91. The molecule has 2 aliphatic rings. The van der Waals surface area contributed by atoms with E-state index in [0.717, 1.165) is 42.8 Å². The van der Waals surface area contributed by atoms with E-state index in [4.69, 9.17) is 4.98 Å². The van der Waals surface area contributed by atoms with Crippen molar-refractivity contribution in [2.24, 2.45) is 5.92 Å². The third-order valence-corrected chi connectivity index (χ3v) is 5.54. The van der Waals surface area contributed by atoms with Gasteiger partial charge >= 0.3 is 0 Å². The first kappa shape index (κ1) is 18.8. The Bertz CT molecular complexity index is 847. The number of benzene rings is 1. The predicted octanol–water partition coefficient (Wildman–Crippen LogP) is 3.17. The van der Waals surface area contributed by atoms with Gasteiger partial charge in [-0.15, -0.1) is 0 Å². The fourth-order valence-electron chi connectivity index (χ4n) is 4.01. The number of rotatable bonds is 4. The van der Waals surface area contributed by atoms with Crippen molar-refractivity contribution in [1.29, 1.82) is 0 Å². The molecule has 1 unspecified atom stereocenters. The summed E-state index contributed by atoms with van der Waals surface area (Å²) in [6.07, 6.45) is 7.53. The van der Waals surface area contributed by atoms with Crippen LogP contribution in [0.4, 0.5) is 14.7 Å². The third-order valence-electron chi connectivity index (χ3n) is 5.54. The number of carbonyl (C=O) groups excluding carboxylic acids is 1. The number of aromatic nitrogens is 2. The zero-order chi connectivity index (χ0) is 19.5. The van der Waals surface area contributed by atoms with E-state index in [-0.39, 0.29) is 18.4 Å². The Hall–Kier alpha value is -2.57. The summed E-state index contributed by atoms with van der Waals surface area (Å²) in [4.78, 5) is 24.0. The van der Waals surface area contributed by atoms with E-state index >= 15 is 0 Å². The summed E-state index contributed by atoms with van der Waals surface area (Å²) in [5, 5.41) is 2.80. The quantitative estimate of drug-likeness (QED) is 0.877. The lowest BCUT2D eigenvalue weighted by molar-refractivity contribution is -0.125. The van der Waals surface area contributed by atoms with Crippen molar-refractivity contribution in [2.75, 3.05) is 18.0 Å². The second-order valence-electron chi connectivity index (χ2n) is 7.62. The Morgan fingerprint density at radius 1 is 1.14 bits per heavy atom. The van der Waals surface area contributed by atoms with Gasteiger partial charge in [0.2, 0.25) is 11.9 Å². The summed E-state index contributed by atoms with van der Waals surface area (Å²) >= 11 is 0. The maximum absolute atomic E-state index is 13.3. The van der Waals surface area contributed by atoms with Crippen LogP contribution < -0.4 is 10.2 Å². The van der Waals surface area contributed by atoms with Gasteiger partial charge < -0.3 is 10.2 Å². The lowest BCUT2D eigenvalue weighted by atomic mass is 9.86. The first-order valence-electron chi connectivity index (χ1n) is 9.91. The fourth-order valence-corrected chi connectivity index (χ4v) is 4.01. The monoisotopic (exact) mass is 386 g/mol. The summed E-state index contributed by atoms with van der Waals surface area (Å²) < 4.78 is 26.5. The summed E-state index contributed by atoms with van der Waals surface area (Å²) in [6.45, 7) is 2.12. The molecule has 1 fully saturated rings. The summed E-state index contributed by atoms with van der Waals surface area (Å²) in [6, 6.07) is 3.28. The van der Waals surface area contributed by atoms with Crippen LogP contribution in [-0.2, 0) is 24.2 Å². The van der Waals surface area contributed by atoms with E-state index in [2.05, 4.69) is 15.2 Å². The molecule has 1 aromatic carbocycles. The molecule has 0 bridgehead atoms. The van der Waals surface area contributed by atoms with E-state index in [1.54, 1.807) is 0 Å². The maximum atomic E-state index is 13.3. The fraction of sp³-hybridized carbons (Fsp3) is 0.476. The lowest BCUT2D eigenvalue weighted by Gasteiger charge is -2.28. The van der Waals surface area contributed by atoms with E-state index in [0.29, 0.717) is 18.4 Å². The molecule has 28 heavy (non-hydrogen) atoms. The van der Waals surface area contributed by atoms with Crippen LogP contribution in [0, 0.1) is 17.6 Å². The number of nitrogens with one attached hydrogen (secondary N) is 1. The van der Waals surface area contributed by atoms with Crippen LogP contribution in [0.1, 0.15) is 42.5 Å². The second kappa shape index (κ2) is 8.20. The Morgan fingerprint density at radius 3 is 2.64 bits per heavy atom. The number of carbonyl (C=O) groups is 1. The number of hydrogen-bond acceptors (Lipinski definition) is 4. The average molecular weight is 386 g/mol. The van der Waals surface area contributed by atoms with Crippen LogP contribution >= 0.6 is 0 Å². The smallest absolute Gasteiger partial charge is 0.225 e. The molecule has 2 heterocycles. The minimum Gasteiger partial charge on any atom is -0.352 e. The normalized spacial score (nSPS) is 19.2. The molecule has 7 heteroatoms. The second-order valence-corrected chi connectivity index (χ2v) is 7.62. The number of fused-ring (bicyclic) bond motifs is 1. The zero-order valence-electron chi connectivity index (χ0n) is 15.8. The summed E-state index contributed by atoms with van der Waals surface area (Å²) in [5.41, 5.74) is 2.47. The van der Waals surface area contributed by atoms with E-state index in [9.17, 15) is 13.6 Å². The minimum absolute atomic E-state index is 0.101. The first-order chi connectivity index (χ1) is 13.6. The Balaban J connectivity index is 1.37. The Labute approximate surface area is 163 Å². The number of hydrogen-bond donors (Lipinski definition) is 1. The van der Waals surface area contributed by atoms with Gasteiger partial charge in [0.05, 0.1) is 0 Å². The number of piperidine rings is 1. The molecule has 0 saturated carbocycles. The molecule has 0 spiro atoms. The van der Waals surface area contributed by atoms with Gasteiger partial charge in [0.1, 0.15) is 11.6 Å². The molecule has 5 nitrogen and oxygen atoms in total. The van der Waals surface area contributed by atoms with Crippen LogP contribution in [0.25, 0.3) is 0 Å². The van der Waals surface area contributed by atoms with Gasteiger partial charge in [-0.25, -0.2) is 18.7 Å². The molecule has 1 atom stereocenters. The zero-order valence-corrected chi connectivity index (χ0v) is 15.8. The highest BCUT2D eigenvalue weighted by molar-refractivity contribution is 5.79. The van der Waals surface area contributed by atoms with Crippen LogP contribution in [0.2, 0.25) is 0 Å². The largest absolute Gasteiger partial charge is 0.352 e. The third kappa shape index (κ3) is 4.29. The van der Waals surface area contributed by atoms with Gasteiger partial charge in [-0.3, -0.25) is 4.79 Å². The molecule has 0 radical (unpaired) electrons. The number of aryl methyl sites for hydroxylation is 1. The van der Waals surface area contributed by atoms with Gasteiger partial charge in [-0.2, -0.15) is 0 Å². The molecule has 148 valence electrons. The summed E-state index contributed by atoms with van der Waals surface area (Å²) in [5.74, 6) is -0.754. The van der Waals surface area contributed by atoms with E-state index in [1.807, 2.05) is 6.20 Å². The van der Waals surface area contributed by atoms with Crippen molar-refractivity contribution in [1.82, 2.24) is 15.3 Å². The van der Waals surface area contributed by atoms with E-state index < -0.39 is 11.6 Å². The number of nitrogens with zero attached hydrogens (tertiary/aromatic N) is 3. The van der Waals surface area contributed by atoms with Crippen LogP contribution in [-0.4, -0.2) is 29.0 Å². The van der Waals surface area contributed by atoms with Crippen molar-refractivity contribution in [3.8, 4) is 0 Å². The van der Waals surface area contributed by atoms with Crippen molar-refractivity contribution in [3.63, 3.8) is 0 Å². The molecule has 1 aliphatic carbocycles. The molecule has 1 amide bonds. The van der Waals surface area contributed by atoms with Crippen molar-refractivity contribution in [2.45, 2.75) is 45.1 Å². The van der Waals surface area contributed by atoms with Crippen molar-refractivity contribution >= 4 is 11.9 Å². The van der Waals surface area contributed by atoms with Gasteiger partial charge in [0.15, 0.2) is 0 Å². The van der Waals surface area contributed by atoms with Gasteiger partial charge in [-0.1, -0.05) is 0 Å². The standard InChI is InChI=1S/C21H24F2N4O/c22-17-8-14(9-18(23)11-17)12-24-20(28)15-4-5-19-16(10-15)13-25-21(26-19)27-6-2-1-3-7-27/h8-9,11,13,15H,1-7,10,12H2,(H,24,28). The highest BCUT2D eigenvalue weighted by Crippen LogP contribution is 2.26. The molecule has 1 N–H and O–H groups in total. The van der Waals surface area contributed by atoms with Gasteiger partial charge in [-0.05, 0) is 61.8 Å². The van der Waals surface area contributed by atoms with Crippen molar-refractivity contribution in [3.05, 3.63) is 52.9 Å². The van der Waals surface area contributed by atoms with Crippen molar-refractivity contribution < 1.29 is 13.6 Å². The van der Waals surface area contributed by atoms with Crippen LogP contribution in [0.3, 0.4) is 0 Å². The SMILES string of the molecule is O=C(NCc1cc(F)cc(F)c1)C1CCc2nc(N3CCCCC3)ncc2C1. The molecular formula is C21H24F2N4O. The highest BCUT2D eigenvalue weighted by Gasteiger charge is 2.26. The Morgan fingerprint density at radius 2 is 1.89 bits per heavy atom. The maximum Gasteiger partial charge on any atom is 0.225 e. The molecular weight excluding hydrogens is 362 g/mol. The van der Waals surface area contributed by atoms with Crippen LogP contribution in [0.15, 0.2) is 24.4 Å². The number of anilines is 1. The molecule has 1 aromatic heterocycles.